The fraction of sp³-hybridized carbons (Fsp3) is 0.909. The van der Waals surface area contributed by atoms with Gasteiger partial charge in [0, 0.05) is 13.1 Å². The highest BCUT2D eigenvalue weighted by molar-refractivity contribution is 8.00. The number of carbonyl (C=O) groups excluding carboxylic acids is 1. The lowest BCUT2D eigenvalue weighted by Crippen LogP contribution is -2.46. The number of rotatable bonds is 2. The van der Waals surface area contributed by atoms with Crippen LogP contribution in [0.15, 0.2) is 0 Å². The number of amides is 1. The normalized spacial score (nSPS) is 26.2. The average Bonchev–Trinajstić information content (AvgIpc) is 2.82. The molecule has 0 bridgehead atoms. The molecule has 2 aliphatic rings. The molecule has 16 heavy (non-hydrogen) atoms. The quantitative estimate of drug-likeness (QED) is 0.821. The van der Waals surface area contributed by atoms with E-state index in [1.807, 2.05) is 23.7 Å². The molecule has 5 heteroatoms. The maximum absolute atomic E-state index is 12.1. The zero-order chi connectivity index (χ0) is 10.7. The van der Waals surface area contributed by atoms with E-state index < -0.39 is 0 Å². The molecule has 2 saturated heterocycles. The summed E-state index contributed by atoms with van der Waals surface area (Å²) in [4.78, 5) is 14.1. The Morgan fingerprint density at radius 2 is 2.00 bits per heavy atom. The summed E-state index contributed by atoms with van der Waals surface area (Å²) in [5, 5.41) is 3.59. The van der Waals surface area contributed by atoms with Crippen molar-refractivity contribution in [1.29, 1.82) is 0 Å². The molecule has 1 unspecified atom stereocenters. The number of halogens is 1. The van der Waals surface area contributed by atoms with Crippen molar-refractivity contribution in [2.24, 2.45) is 0 Å². The summed E-state index contributed by atoms with van der Waals surface area (Å²) < 4.78 is 0. The SMILES string of the molecule is CN(C(=O)C1CCCS1)C1CCNCC1.Cl. The van der Waals surface area contributed by atoms with E-state index in [1.165, 1.54) is 6.42 Å². The second-order valence-electron chi connectivity index (χ2n) is 4.43. The van der Waals surface area contributed by atoms with Gasteiger partial charge in [-0.05, 0) is 44.5 Å². The Morgan fingerprint density at radius 3 is 2.56 bits per heavy atom. The van der Waals surface area contributed by atoms with Gasteiger partial charge < -0.3 is 10.2 Å². The van der Waals surface area contributed by atoms with Crippen molar-refractivity contribution >= 4 is 30.1 Å². The molecule has 94 valence electrons. The van der Waals surface area contributed by atoms with Crippen LogP contribution >= 0.6 is 24.2 Å². The number of nitrogens with one attached hydrogen (secondary N) is 1. The molecule has 0 saturated carbocycles. The van der Waals surface area contributed by atoms with Crippen LogP contribution in [-0.2, 0) is 4.79 Å². The molecule has 1 amide bonds. The number of piperidine rings is 1. The highest BCUT2D eigenvalue weighted by Crippen LogP contribution is 2.28. The first-order valence-electron chi connectivity index (χ1n) is 5.88. The van der Waals surface area contributed by atoms with Crippen LogP contribution in [0.25, 0.3) is 0 Å². The Labute approximate surface area is 108 Å². The Morgan fingerprint density at radius 1 is 1.31 bits per heavy atom. The van der Waals surface area contributed by atoms with Crippen molar-refractivity contribution in [3.63, 3.8) is 0 Å². The van der Waals surface area contributed by atoms with Crippen molar-refractivity contribution in [1.82, 2.24) is 10.2 Å². The van der Waals surface area contributed by atoms with Crippen molar-refractivity contribution in [3.8, 4) is 0 Å². The molecule has 2 rings (SSSR count). The molecule has 0 spiro atoms. The van der Waals surface area contributed by atoms with Crippen molar-refractivity contribution in [2.75, 3.05) is 25.9 Å². The Bertz CT molecular complexity index is 228. The molecule has 1 N–H and O–H groups in total. The van der Waals surface area contributed by atoms with Crippen LogP contribution in [-0.4, -0.2) is 48.0 Å². The van der Waals surface area contributed by atoms with Crippen LogP contribution in [0.5, 0.6) is 0 Å². The average molecular weight is 265 g/mol. The van der Waals surface area contributed by atoms with E-state index in [9.17, 15) is 4.79 Å². The molecule has 1 atom stereocenters. The van der Waals surface area contributed by atoms with E-state index in [4.69, 9.17) is 0 Å². The molecule has 0 aromatic heterocycles. The van der Waals surface area contributed by atoms with E-state index >= 15 is 0 Å². The lowest BCUT2D eigenvalue weighted by atomic mass is 10.0. The zero-order valence-corrected chi connectivity index (χ0v) is 11.4. The van der Waals surface area contributed by atoms with Crippen LogP contribution in [0.2, 0.25) is 0 Å². The van der Waals surface area contributed by atoms with Crippen LogP contribution in [0.4, 0.5) is 0 Å². The molecule has 3 nitrogen and oxygen atoms in total. The molecule has 0 aromatic carbocycles. The van der Waals surface area contributed by atoms with E-state index in [0.29, 0.717) is 11.9 Å². The first-order chi connectivity index (χ1) is 7.29. The molecular weight excluding hydrogens is 244 g/mol. The number of hydrogen-bond donors (Lipinski definition) is 1. The lowest BCUT2D eigenvalue weighted by Gasteiger charge is -2.33. The van der Waals surface area contributed by atoms with Gasteiger partial charge in [-0.2, -0.15) is 0 Å². The van der Waals surface area contributed by atoms with Crippen LogP contribution in [0.3, 0.4) is 0 Å². The second-order valence-corrected chi connectivity index (χ2v) is 5.74. The van der Waals surface area contributed by atoms with E-state index in [2.05, 4.69) is 5.32 Å². The highest BCUT2D eigenvalue weighted by atomic mass is 35.5. The monoisotopic (exact) mass is 264 g/mol. The Hall–Kier alpha value is 0.0700. The first-order valence-corrected chi connectivity index (χ1v) is 6.93. The fourth-order valence-corrected chi connectivity index (χ4v) is 3.63. The van der Waals surface area contributed by atoms with E-state index in [-0.39, 0.29) is 17.7 Å². The minimum absolute atomic E-state index is 0. The molecule has 2 fully saturated rings. The molecular formula is C11H21ClN2OS. The predicted octanol–water partition coefficient (Wildman–Crippen LogP) is 1.51. The summed E-state index contributed by atoms with van der Waals surface area (Å²) in [6.45, 7) is 2.11. The summed E-state index contributed by atoms with van der Waals surface area (Å²) in [6.07, 6.45) is 4.51. The van der Waals surface area contributed by atoms with Gasteiger partial charge in [-0.1, -0.05) is 0 Å². The van der Waals surface area contributed by atoms with Crippen molar-refractivity contribution in [2.45, 2.75) is 37.0 Å². The fourth-order valence-electron chi connectivity index (χ4n) is 2.37. The van der Waals surface area contributed by atoms with Gasteiger partial charge in [0.2, 0.25) is 5.91 Å². The second kappa shape index (κ2) is 6.72. The van der Waals surface area contributed by atoms with Gasteiger partial charge >= 0.3 is 0 Å². The topological polar surface area (TPSA) is 32.3 Å². The first kappa shape index (κ1) is 14.1. The highest BCUT2D eigenvalue weighted by Gasteiger charge is 2.30. The third-order valence-electron chi connectivity index (χ3n) is 3.41. The third-order valence-corrected chi connectivity index (χ3v) is 4.77. The van der Waals surface area contributed by atoms with Crippen molar-refractivity contribution < 1.29 is 4.79 Å². The minimum atomic E-state index is 0. The summed E-state index contributed by atoms with van der Waals surface area (Å²) >= 11 is 1.84. The maximum Gasteiger partial charge on any atom is 0.235 e. The molecule has 0 aromatic rings. The van der Waals surface area contributed by atoms with Gasteiger partial charge in [0.1, 0.15) is 0 Å². The predicted molar refractivity (Wildman–Crippen MR) is 71.4 cm³/mol. The van der Waals surface area contributed by atoms with Crippen LogP contribution in [0, 0.1) is 0 Å². The summed E-state index contributed by atoms with van der Waals surface area (Å²) in [5.41, 5.74) is 0. The van der Waals surface area contributed by atoms with E-state index in [0.717, 1.165) is 38.1 Å². The van der Waals surface area contributed by atoms with Gasteiger partial charge in [-0.3, -0.25) is 4.79 Å². The molecule has 0 radical (unpaired) electrons. The molecule has 2 heterocycles. The van der Waals surface area contributed by atoms with Gasteiger partial charge in [0.25, 0.3) is 0 Å². The summed E-state index contributed by atoms with van der Waals surface area (Å²) in [5.74, 6) is 1.53. The summed E-state index contributed by atoms with van der Waals surface area (Å²) in [6, 6.07) is 0.472. The Balaban J connectivity index is 0.00000128. The standard InChI is InChI=1S/C11H20N2OS.ClH/c1-13(9-4-6-12-7-5-9)11(14)10-3-2-8-15-10;/h9-10,12H,2-8H2,1H3;1H. The van der Waals surface area contributed by atoms with Crippen LogP contribution in [0.1, 0.15) is 25.7 Å². The van der Waals surface area contributed by atoms with Crippen molar-refractivity contribution in [3.05, 3.63) is 0 Å². The lowest BCUT2D eigenvalue weighted by molar-refractivity contribution is -0.131. The zero-order valence-electron chi connectivity index (χ0n) is 9.78. The van der Waals surface area contributed by atoms with Gasteiger partial charge in [0.05, 0.1) is 5.25 Å². The van der Waals surface area contributed by atoms with Gasteiger partial charge in [-0.15, -0.1) is 24.2 Å². The van der Waals surface area contributed by atoms with Gasteiger partial charge in [0.15, 0.2) is 0 Å². The Kier molecular flexibility index (Phi) is 5.94. The minimum Gasteiger partial charge on any atom is -0.342 e. The van der Waals surface area contributed by atoms with E-state index in [1.54, 1.807) is 0 Å². The number of nitrogens with zero attached hydrogens (tertiary/aromatic N) is 1. The maximum atomic E-state index is 12.1. The molecule has 2 aliphatic heterocycles. The largest absolute Gasteiger partial charge is 0.342 e. The number of hydrogen-bond acceptors (Lipinski definition) is 3. The smallest absolute Gasteiger partial charge is 0.235 e. The summed E-state index contributed by atoms with van der Waals surface area (Å²) in [7, 11) is 1.98. The third kappa shape index (κ3) is 3.28. The van der Waals surface area contributed by atoms with Crippen LogP contribution < -0.4 is 5.32 Å². The molecule has 0 aliphatic carbocycles. The number of carbonyl (C=O) groups is 1. The van der Waals surface area contributed by atoms with Gasteiger partial charge in [-0.25, -0.2) is 0 Å². The number of thioether (sulfide) groups is 1.